The molecule has 19 heavy (non-hydrogen) atoms. The van der Waals surface area contributed by atoms with Crippen molar-refractivity contribution in [3.8, 4) is 0 Å². The molecule has 1 heterocycles. The quantitative estimate of drug-likeness (QED) is 0.835. The van der Waals surface area contributed by atoms with E-state index in [9.17, 15) is 0 Å². The topological polar surface area (TPSA) is 45.1 Å². The number of rotatable bonds is 6. The van der Waals surface area contributed by atoms with Gasteiger partial charge in [0.25, 0.3) is 0 Å². The molecule has 0 aliphatic carbocycles. The molecule has 0 amide bonds. The largest absolute Gasteiger partial charge is 0.396 e. The van der Waals surface area contributed by atoms with E-state index in [1.807, 2.05) is 12.1 Å². The van der Waals surface area contributed by atoms with Crippen LogP contribution in [0.2, 0.25) is 0 Å². The van der Waals surface area contributed by atoms with E-state index in [-0.39, 0.29) is 6.61 Å². The zero-order valence-electron chi connectivity index (χ0n) is 11.7. The number of aliphatic hydroxyl groups is 1. The summed E-state index contributed by atoms with van der Waals surface area (Å²) >= 11 is 0. The Balaban J connectivity index is 2.29. The number of aryl methyl sites for hydroxylation is 1. The first kappa shape index (κ1) is 13.8. The second-order valence-electron chi connectivity index (χ2n) is 4.94. The molecule has 3 nitrogen and oxygen atoms in total. The molecule has 1 unspecified atom stereocenters. The van der Waals surface area contributed by atoms with Crippen LogP contribution < -0.4 is 5.32 Å². The van der Waals surface area contributed by atoms with Crippen molar-refractivity contribution in [2.75, 3.05) is 11.9 Å². The molecule has 1 aromatic carbocycles. The van der Waals surface area contributed by atoms with Crippen molar-refractivity contribution in [1.82, 2.24) is 4.98 Å². The smallest absolute Gasteiger partial charge is 0.0726 e. The standard InChI is InChI=1S/C16H22N2O/c1-3-13-11-16(17-12(2)7-6-10-19)14-8-4-5-9-15(14)18-13/h4-5,8-9,11-12,19H,3,6-7,10H2,1-2H3,(H,17,18). The first-order valence-electron chi connectivity index (χ1n) is 7.00. The molecule has 2 rings (SSSR count). The van der Waals surface area contributed by atoms with Crippen molar-refractivity contribution < 1.29 is 5.11 Å². The van der Waals surface area contributed by atoms with Crippen LogP contribution in [0.1, 0.15) is 32.4 Å². The predicted molar refractivity (Wildman–Crippen MR) is 80.5 cm³/mol. The minimum absolute atomic E-state index is 0.253. The number of aliphatic hydroxyl groups excluding tert-OH is 1. The van der Waals surface area contributed by atoms with E-state index >= 15 is 0 Å². The van der Waals surface area contributed by atoms with Crippen LogP contribution in [0, 0.1) is 0 Å². The van der Waals surface area contributed by atoms with Crippen molar-refractivity contribution in [3.63, 3.8) is 0 Å². The van der Waals surface area contributed by atoms with Crippen LogP contribution in [0.15, 0.2) is 30.3 Å². The van der Waals surface area contributed by atoms with Crippen LogP contribution in [-0.4, -0.2) is 22.7 Å². The number of nitrogens with zero attached hydrogens (tertiary/aromatic N) is 1. The molecule has 102 valence electrons. The van der Waals surface area contributed by atoms with Crippen LogP contribution >= 0.6 is 0 Å². The number of hydrogen-bond acceptors (Lipinski definition) is 3. The van der Waals surface area contributed by atoms with E-state index in [0.29, 0.717) is 6.04 Å². The highest BCUT2D eigenvalue weighted by molar-refractivity contribution is 5.91. The molecule has 1 atom stereocenters. The van der Waals surface area contributed by atoms with Crippen molar-refractivity contribution in [1.29, 1.82) is 0 Å². The lowest BCUT2D eigenvalue weighted by atomic mass is 10.1. The van der Waals surface area contributed by atoms with Gasteiger partial charge in [0.05, 0.1) is 5.52 Å². The Morgan fingerprint density at radius 1 is 1.32 bits per heavy atom. The summed E-state index contributed by atoms with van der Waals surface area (Å²) in [5, 5.41) is 13.6. The van der Waals surface area contributed by atoms with Crippen molar-refractivity contribution in [2.24, 2.45) is 0 Å². The number of fused-ring (bicyclic) bond motifs is 1. The summed E-state index contributed by atoms with van der Waals surface area (Å²) in [6.07, 6.45) is 2.73. The van der Waals surface area contributed by atoms with Crippen molar-refractivity contribution >= 4 is 16.6 Å². The molecule has 0 aliphatic rings. The Labute approximate surface area is 114 Å². The lowest BCUT2D eigenvalue weighted by molar-refractivity contribution is 0.282. The summed E-state index contributed by atoms with van der Waals surface area (Å²) in [6, 6.07) is 10.7. The summed E-state index contributed by atoms with van der Waals surface area (Å²) in [5.74, 6) is 0. The minimum Gasteiger partial charge on any atom is -0.396 e. The van der Waals surface area contributed by atoms with E-state index in [1.54, 1.807) is 0 Å². The Kier molecular flexibility index (Phi) is 4.74. The number of pyridine rings is 1. The minimum atomic E-state index is 0.253. The van der Waals surface area contributed by atoms with Gasteiger partial charge >= 0.3 is 0 Å². The second-order valence-corrected chi connectivity index (χ2v) is 4.94. The number of nitrogens with one attached hydrogen (secondary N) is 1. The lowest BCUT2D eigenvalue weighted by Gasteiger charge is -2.17. The maximum absolute atomic E-state index is 8.90. The van der Waals surface area contributed by atoms with Gasteiger partial charge in [0.2, 0.25) is 0 Å². The maximum Gasteiger partial charge on any atom is 0.0726 e. The molecule has 3 heteroatoms. The van der Waals surface area contributed by atoms with Gasteiger partial charge in [0.15, 0.2) is 0 Å². The number of benzene rings is 1. The van der Waals surface area contributed by atoms with E-state index < -0.39 is 0 Å². The van der Waals surface area contributed by atoms with Gasteiger partial charge in [-0.15, -0.1) is 0 Å². The fourth-order valence-electron chi connectivity index (χ4n) is 2.27. The zero-order valence-corrected chi connectivity index (χ0v) is 11.7. The Morgan fingerprint density at radius 2 is 2.11 bits per heavy atom. The summed E-state index contributed by atoms with van der Waals surface area (Å²) in [4.78, 5) is 4.64. The molecule has 0 aliphatic heterocycles. The summed E-state index contributed by atoms with van der Waals surface area (Å²) in [5.41, 5.74) is 3.29. The Morgan fingerprint density at radius 3 is 2.84 bits per heavy atom. The van der Waals surface area contributed by atoms with E-state index in [2.05, 4.69) is 42.3 Å². The van der Waals surface area contributed by atoms with Gasteiger partial charge < -0.3 is 10.4 Å². The van der Waals surface area contributed by atoms with Gasteiger partial charge in [0.1, 0.15) is 0 Å². The fourth-order valence-corrected chi connectivity index (χ4v) is 2.27. The second kappa shape index (κ2) is 6.53. The molecule has 0 radical (unpaired) electrons. The molecule has 0 bridgehead atoms. The molecule has 0 spiro atoms. The summed E-state index contributed by atoms with van der Waals surface area (Å²) < 4.78 is 0. The first-order valence-corrected chi connectivity index (χ1v) is 7.00. The highest BCUT2D eigenvalue weighted by Gasteiger charge is 2.07. The predicted octanol–water partition coefficient (Wildman–Crippen LogP) is 3.37. The molecule has 0 saturated carbocycles. The van der Waals surface area contributed by atoms with Gasteiger partial charge in [0, 0.05) is 29.4 Å². The average Bonchev–Trinajstić information content (AvgIpc) is 2.44. The monoisotopic (exact) mass is 258 g/mol. The van der Waals surface area contributed by atoms with E-state index in [4.69, 9.17) is 5.11 Å². The SMILES string of the molecule is CCc1cc(NC(C)CCCO)c2ccccc2n1. The van der Waals surface area contributed by atoms with Gasteiger partial charge in [-0.25, -0.2) is 0 Å². The summed E-state index contributed by atoms with van der Waals surface area (Å²) in [7, 11) is 0. The number of anilines is 1. The first-order chi connectivity index (χ1) is 9.24. The van der Waals surface area contributed by atoms with Gasteiger partial charge in [-0.3, -0.25) is 4.98 Å². The molecule has 2 N–H and O–H groups in total. The van der Waals surface area contributed by atoms with Crippen LogP contribution in [0.25, 0.3) is 10.9 Å². The van der Waals surface area contributed by atoms with Crippen molar-refractivity contribution in [2.45, 2.75) is 39.2 Å². The lowest BCUT2D eigenvalue weighted by Crippen LogP contribution is -2.16. The fraction of sp³-hybridized carbons (Fsp3) is 0.438. The van der Waals surface area contributed by atoms with Crippen LogP contribution in [-0.2, 0) is 6.42 Å². The molecule has 0 fully saturated rings. The number of hydrogen-bond donors (Lipinski definition) is 2. The number of para-hydroxylation sites is 1. The summed E-state index contributed by atoms with van der Waals surface area (Å²) in [6.45, 7) is 4.52. The normalized spacial score (nSPS) is 12.6. The molecule has 0 saturated heterocycles. The third kappa shape index (κ3) is 3.44. The van der Waals surface area contributed by atoms with Gasteiger partial charge in [-0.2, -0.15) is 0 Å². The van der Waals surface area contributed by atoms with E-state index in [1.165, 1.54) is 0 Å². The van der Waals surface area contributed by atoms with Crippen LogP contribution in [0.4, 0.5) is 5.69 Å². The maximum atomic E-state index is 8.90. The Hall–Kier alpha value is -1.61. The molecular weight excluding hydrogens is 236 g/mol. The Bertz CT molecular complexity index is 539. The zero-order chi connectivity index (χ0) is 13.7. The molecule has 2 aromatic rings. The van der Waals surface area contributed by atoms with Crippen LogP contribution in [0.5, 0.6) is 0 Å². The van der Waals surface area contributed by atoms with Crippen molar-refractivity contribution in [3.05, 3.63) is 36.0 Å². The molecular formula is C16H22N2O. The van der Waals surface area contributed by atoms with Gasteiger partial charge in [-0.1, -0.05) is 25.1 Å². The van der Waals surface area contributed by atoms with Crippen LogP contribution in [0.3, 0.4) is 0 Å². The number of aromatic nitrogens is 1. The van der Waals surface area contributed by atoms with E-state index in [0.717, 1.165) is 41.5 Å². The van der Waals surface area contributed by atoms with Gasteiger partial charge in [-0.05, 0) is 38.3 Å². The average molecular weight is 258 g/mol. The third-order valence-electron chi connectivity index (χ3n) is 3.33. The molecule has 1 aromatic heterocycles. The highest BCUT2D eigenvalue weighted by atomic mass is 16.2. The highest BCUT2D eigenvalue weighted by Crippen LogP contribution is 2.24. The third-order valence-corrected chi connectivity index (χ3v) is 3.33.